The molecular formula is C8H7ClN2O3S. The van der Waals surface area contributed by atoms with Crippen molar-refractivity contribution in [2.75, 3.05) is 0 Å². The third kappa shape index (κ3) is 2.21. The molecule has 80 valence electrons. The van der Waals surface area contributed by atoms with E-state index in [-0.39, 0.29) is 17.7 Å². The lowest BCUT2D eigenvalue weighted by Gasteiger charge is -2.07. The molecule has 0 atom stereocenters. The maximum absolute atomic E-state index is 11.1. The standard InChI is InChI=1S/C8H7ClN2O3S/c9-15(13,14)8-6(4-11)2-1-5(3-10)7(8)12/h1-2,12H,4,11H2. The van der Waals surface area contributed by atoms with Gasteiger partial charge in [0.05, 0.1) is 5.56 Å². The molecule has 0 aliphatic rings. The molecule has 1 rings (SSSR count). The largest absolute Gasteiger partial charge is 0.505 e. The second-order valence-electron chi connectivity index (χ2n) is 2.70. The highest BCUT2D eigenvalue weighted by Crippen LogP contribution is 2.32. The zero-order chi connectivity index (χ0) is 11.6. The average molecular weight is 247 g/mol. The van der Waals surface area contributed by atoms with E-state index in [9.17, 15) is 13.5 Å². The van der Waals surface area contributed by atoms with Crippen molar-refractivity contribution in [2.45, 2.75) is 11.4 Å². The van der Waals surface area contributed by atoms with Gasteiger partial charge in [0.15, 0.2) is 5.75 Å². The van der Waals surface area contributed by atoms with E-state index in [1.807, 2.05) is 0 Å². The molecule has 0 unspecified atom stereocenters. The molecule has 1 aromatic rings. The van der Waals surface area contributed by atoms with Crippen LogP contribution in [0.1, 0.15) is 11.1 Å². The summed E-state index contributed by atoms with van der Waals surface area (Å²) >= 11 is 0. The molecule has 0 heterocycles. The Hall–Kier alpha value is -1.29. The molecule has 0 aliphatic heterocycles. The molecule has 0 spiro atoms. The van der Waals surface area contributed by atoms with Gasteiger partial charge in [-0.1, -0.05) is 6.07 Å². The Morgan fingerprint density at radius 1 is 1.53 bits per heavy atom. The van der Waals surface area contributed by atoms with Crippen molar-refractivity contribution in [1.82, 2.24) is 0 Å². The topological polar surface area (TPSA) is 104 Å². The number of phenols is 1. The molecule has 0 amide bonds. The highest BCUT2D eigenvalue weighted by atomic mass is 35.7. The summed E-state index contributed by atoms with van der Waals surface area (Å²) in [5, 5.41) is 18.1. The number of benzene rings is 1. The van der Waals surface area contributed by atoms with Crippen LogP contribution in [0.15, 0.2) is 17.0 Å². The predicted molar refractivity (Wildman–Crippen MR) is 53.8 cm³/mol. The van der Waals surface area contributed by atoms with E-state index >= 15 is 0 Å². The smallest absolute Gasteiger partial charge is 0.265 e. The highest BCUT2D eigenvalue weighted by molar-refractivity contribution is 8.13. The fourth-order valence-electron chi connectivity index (χ4n) is 1.14. The van der Waals surface area contributed by atoms with Gasteiger partial charge in [-0.15, -0.1) is 0 Å². The van der Waals surface area contributed by atoms with Gasteiger partial charge in [0.1, 0.15) is 11.0 Å². The van der Waals surface area contributed by atoms with Gasteiger partial charge in [-0.3, -0.25) is 0 Å². The monoisotopic (exact) mass is 246 g/mol. The number of hydrogen-bond donors (Lipinski definition) is 2. The third-order valence-corrected chi connectivity index (χ3v) is 3.20. The second-order valence-corrected chi connectivity index (χ2v) is 5.21. The predicted octanol–water partition coefficient (Wildman–Crippen LogP) is 0.650. The van der Waals surface area contributed by atoms with Crippen LogP contribution in [-0.2, 0) is 15.6 Å². The van der Waals surface area contributed by atoms with Gasteiger partial charge in [-0.25, -0.2) is 8.42 Å². The molecule has 0 aliphatic carbocycles. The molecule has 7 heteroatoms. The number of aromatic hydroxyl groups is 1. The lowest BCUT2D eigenvalue weighted by Crippen LogP contribution is -2.05. The van der Waals surface area contributed by atoms with E-state index in [1.165, 1.54) is 12.1 Å². The van der Waals surface area contributed by atoms with Crippen molar-refractivity contribution in [3.63, 3.8) is 0 Å². The fraction of sp³-hybridized carbons (Fsp3) is 0.125. The van der Waals surface area contributed by atoms with Crippen LogP contribution in [-0.4, -0.2) is 13.5 Å². The number of nitriles is 1. The van der Waals surface area contributed by atoms with Crippen LogP contribution in [0.5, 0.6) is 5.75 Å². The quantitative estimate of drug-likeness (QED) is 0.746. The van der Waals surface area contributed by atoms with Crippen LogP contribution < -0.4 is 5.73 Å². The van der Waals surface area contributed by atoms with Crippen LogP contribution in [0.2, 0.25) is 0 Å². The number of rotatable bonds is 2. The van der Waals surface area contributed by atoms with E-state index < -0.39 is 19.7 Å². The lowest BCUT2D eigenvalue weighted by molar-refractivity contribution is 0.456. The minimum Gasteiger partial charge on any atom is -0.505 e. The maximum Gasteiger partial charge on any atom is 0.265 e. The summed E-state index contributed by atoms with van der Waals surface area (Å²) in [6, 6.07) is 4.27. The highest BCUT2D eigenvalue weighted by Gasteiger charge is 2.22. The summed E-state index contributed by atoms with van der Waals surface area (Å²) in [5.74, 6) is -0.657. The Morgan fingerprint density at radius 2 is 2.13 bits per heavy atom. The minimum atomic E-state index is -4.12. The number of hydrogen-bond acceptors (Lipinski definition) is 5. The fourth-order valence-corrected chi connectivity index (χ4v) is 2.46. The Kier molecular flexibility index (Phi) is 3.19. The summed E-state index contributed by atoms with van der Waals surface area (Å²) in [4.78, 5) is -0.495. The zero-order valence-corrected chi connectivity index (χ0v) is 9.01. The Morgan fingerprint density at radius 3 is 2.53 bits per heavy atom. The molecule has 15 heavy (non-hydrogen) atoms. The molecule has 0 aromatic heterocycles. The van der Waals surface area contributed by atoms with E-state index in [1.54, 1.807) is 6.07 Å². The molecule has 0 radical (unpaired) electrons. The third-order valence-electron chi connectivity index (χ3n) is 1.80. The normalized spacial score (nSPS) is 11.0. The first-order chi connectivity index (χ1) is 6.91. The van der Waals surface area contributed by atoms with Crippen molar-refractivity contribution in [3.8, 4) is 11.8 Å². The molecule has 0 fully saturated rings. The summed E-state index contributed by atoms with van der Waals surface area (Å²) in [5.41, 5.74) is 5.30. The SMILES string of the molecule is N#Cc1ccc(CN)c(S(=O)(=O)Cl)c1O. The van der Waals surface area contributed by atoms with Gasteiger partial charge >= 0.3 is 0 Å². The van der Waals surface area contributed by atoms with Gasteiger partial charge in [-0.2, -0.15) is 5.26 Å². The molecule has 5 nitrogen and oxygen atoms in total. The summed E-state index contributed by atoms with van der Waals surface area (Å²) < 4.78 is 22.3. The van der Waals surface area contributed by atoms with Gasteiger partial charge in [0, 0.05) is 17.2 Å². The van der Waals surface area contributed by atoms with Crippen molar-refractivity contribution in [3.05, 3.63) is 23.3 Å². The first kappa shape index (κ1) is 11.8. The van der Waals surface area contributed by atoms with E-state index in [4.69, 9.17) is 21.7 Å². The van der Waals surface area contributed by atoms with E-state index in [2.05, 4.69) is 0 Å². The van der Waals surface area contributed by atoms with E-state index in [0.29, 0.717) is 0 Å². The second kappa shape index (κ2) is 4.06. The molecule has 0 saturated heterocycles. The molecule has 3 N–H and O–H groups in total. The van der Waals surface area contributed by atoms with Gasteiger partial charge in [0.25, 0.3) is 9.05 Å². The Labute approximate surface area is 91.1 Å². The van der Waals surface area contributed by atoms with Crippen molar-refractivity contribution in [2.24, 2.45) is 5.73 Å². The minimum absolute atomic E-state index is 0.0967. The molecule has 1 aromatic carbocycles. The molecule has 0 saturated carbocycles. The van der Waals surface area contributed by atoms with Crippen molar-refractivity contribution < 1.29 is 13.5 Å². The average Bonchev–Trinajstić information content (AvgIpc) is 2.15. The number of phenolic OH excluding ortho intramolecular Hbond substituents is 1. The van der Waals surface area contributed by atoms with Gasteiger partial charge < -0.3 is 10.8 Å². The van der Waals surface area contributed by atoms with Gasteiger partial charge in [0.2, 0.25) is 0 Å². The molecule has 0 bridgehead atoms. The van der Waals surface area contributed by atoms with Crippen LogP contribution in [0.4, 0.5) is 0 Å². The number of nitrogens with zero attached hydrogens (tertiary/aromatic N) is 1. The van der Waals surface area contributed by atoms with Crippen molar-refractivity contribution >= 4 is 19.7 Å². The Bertz CT molecular complexity index is 534. The van der Waals surface area contributed by atoms with Crippen LogP contribution in [0, 0.1) is 11.3 Å². The first-order valence-corrected chi connectivity index (χ1v) is 6.12. The zero-order valence-electron chi connectivity index (χ0n) is 7.44. The lowest BCUT2D eigenvalue weighted by atomic mass is 10.1. The number of nitrogens with two attached hydrogens (primary N) is 1. The van der Waals surface area contributed by atoms with Crippen LogP contribution in [0.25, 0.3) is 0 Å². The van der Waals surface area contributed by atoms with Crippen LogP contribution in [0.3, 0.4) is 0 Å². The van der Waals surface area contributed by atoms with Crippen LogP contribution >= 0.6 is 10.7 Å². The molecular weight excluding hydrogens is 240 g/mol. The Balaban J connectivity index is 3.67. The maximum atomic E-state index is 11.1. The number of halogens is 1. The summed E-state index contributed by atoms with van der Waals surface area (Å²) in [6.45, 7) is -0.0967. The van der Waals surface area contributed by atoms with Gasteiger partial charge in [-0.05, 0) is 11.6 Å². The summed E-state index contributed by atoms with van der Waals surface area (Å²) in [7, 11) is 1.01. The van der Waals surface area contributed by atoms with Crippen molar-refractivity contribution in [1.29, 1.82) is 5.26 Å². The summed E-state index contributed by atoms with van der Waals surface area (Å²) in [6.07, 6.45) is 0. The first-order valence-electron chi connectivity index (χ1n) is 3.81. The van der Waals surface area contributed by atoms with E-state index in [0.717, 1.165) is 0 Å².